The minimum absolute atomic E-state index is 0.752. The fourth-order valence-electron chi connectivity index (χ4n) is 2.11. The van der Waals surface area contributed by atoms with E-state index in [2.05, 4.69) is 38.0 Å². The molecular formula is C12H25NS. The van der Waals surface area contributed by atoms with E-state index in [-0.39, 0.29) is 0 Å². The van der Waals surface area contributed by atoms with Crippen molar-refractivity contribution >= 4 is 11.8 Å². The second kappa shape index (κ2) is 6.73. The lowest BCUT2D eigenvalue weighted by atomic mass is 9.98. The topological polar surface area (TPSA) is 12.0 Å². The Morgan fingerprint density at radius 1 is 1.29 bits per heavy atom. The fraction of sp³-hybridized carbons (Fsp3) is 1.00. The Labute approximate surface area is 93.4 Å². The molecule has 14 heavy (non-hydrogen) atoms. The predicted octanol–water partition coefficient (Wildman–Crippen LogP) is 3.30. The number of hydrogen-bond donors (Lipinski definition) is 1. The van der Waals surface area contributed by atoms with Crippen LogP contribution in [-0.2, 0) is 0 Å². The van der Waals surface area contributed by atoms with Crippen LogP contribution in [0.4, 0.5) is 0 Å². The minimum Gasteiger partial charge on any atom is -0.316 e. The van der Waals surface area contributed by atoms with E-state index in [1.165, 1.54) is 37.9 Å². The van der Waals surface area contributed by atoms with Gasteiger partial charge in [-0.1, -0.05) is 20.3 Å². The van der Waals surface area contributed by atoms with Crippen molar-refractivity contribution in [3.63, 3.8) is 0 Å². The van der Waals surface area contributed by atoms with E-state index in [4.69, 9.17) is 0 Å². The van der Waals surface area contributed by atoms with Crippen LogP contribution in [-0.4, -0.2) is 24.1 Å². The molecule has 0 radical (unpaired) electrons. The molecule has 0 amide bonds. The molecule has 0 aliphatic carbocycles. The van der Waals surface area contributed by atoms with Crippen molar-refractivity contribution < 1.29 is 0 Å². The van der Waals surface area contributed by atoms with Crippen molar-refractivity contribution in [3.8, 4) is 0 Å². The number of rotatable bonds is 5. The van der Waals surface area contributed by atoms with Gasteiger partial charge in [0.05, 0.1) is 0 Å². The van der Waals surface area contributed by atoms with E-state index in [0.717, 1.165) is 17.2 Å². The molecule has 1 fully saturated rings. The Bertz CT molecular complexity index is 141. The summed E-state index contributed by atoms with van der Waals surface area (Å²) in [6, 6.07) is 0.752. The van der Waals surface area contributed by atoms with Crippen molar-refractivity contribution in [2.75, 3.05) is 12.8 Å². The largest absolute Gasteiger partial charge is 0.316 e. The second-order valence-electron chi connectivity index (χ2n) is 4.77. The first-order valence-corrected chi connectivity index (χ1v) is 7.07. The van der Waals surface area contributed by atoms with Crippen LogP contribution in [0.1, 0.15) is 46.0 Å². The highest BCUT2D eigenvalue weighted by Crippen LogP contribution is 2.29. The van der Waals surface area contributed by atoms with Gasteiger partial charge < -0.3 is 5.32 Å². The number of hydrogen-bond acceptors (Lipinski definition) is 2. The van der Waals surface area contributed by atoms with Gasteiger partial charge in [-0.05, 0) is 44.4 Å². The smallest absolute Gasteiger partial charge is 0.0201 e. The maximum absolute atomic E-state index is 3.51. The normalized spacial score (nSPS) is 25.3. The highest BCUT2D eigenvalue weighted by Gasteiger charge is 2.22. The molecule has 1 heterocycles. The van der Waals surface area contributed by atoms with Gasteiger partial charge >= 0.3 is 0 Å². The Morgan fingerprint density at radius 3 is 2.57 bits per heavy atom. The lowest BCUT2D eigenvalue weighted by Gasteiger charge is -2.30. The Balaban J connectivity index is 2.28. The predicted molar refractivity (Wildman–Crippen MR) is 67.0 cm³/mol. The van der Waals surface area contributed by atoms with Crippen LogP contribution in [0.3, 0.4) is 0 Å². The van der Waals surface area contributed by atoms with Crippen LogP contribution in [0.25, 0.3) is 0 Å². The van der Waals surface area contributed by atoms with Gasteiger partial charge in [0, 0.05) is 11.3 Å². The van der Waals surface area contributed by atoms with Crippen LogP contribution < -0.4 is 5.32 Å². The molecule has 0 aromatic rings. The lowest BCUT2D eigenvalue weighted by Crippen LogP contribution is -2.37. The van der Waals surface area contributed by atoms with Gasteiger partial charge in [0.2, 0.25) is 0 Å². The average Bonchev–Trinajstić information content (AvgIpc) is 2.20. The minimum atomic E-state index is 0.752. The van der Waals surface area contributed by atoms with E-state index in [0.29, 0.717) is 0 Å². The third-order valence-electron chi connectivity index (χ3n) is 3.09. The molecule has 1 aliphatic rings. The Hall–Kier alpha value is 0.310. The molecule has 2 unspecified atom stereocenters. The summed E-state index contributed by atoms with van der Waals surface area (Å²) in [6.07, 6.45) is 7.02. The summed E-state index contributed by atoms with van der Waals surface area (Å²) >= 11 is 2.19. The standard InChI is InChI=1S/C12H25NS/c1-10(2)7-8-11(13-3)12-6-4-5-9-14-12/h10-13H,4-9H2,1-3H3. The quantitative estimate of drug-likeness (QED) is 0.755. The second-order valence-corrected chi connectivity index (χ2v) is 6.12. The molecule has 1 N–H and O–H groups in total. The molecule has 0 saturated carbocycles. The SMILES string of the molecule is CNC(CCC(C)C)C1CCCCS1. The van der Waals surface area contributed by atoms with Crippen LogP contribution in [0, 0.1) is 5.92 Å². The lowest BCUT2D eigenvalue weighted by molar-refractivity contribution is 0.424. The van der Waals surface area contributed by atoms with Crippen LogP contribution >= 0.6 is 11.8 Å². The molecule has 0 aromatic heterocycles. The molecule has 2 atom stereocenters. The van der Waals surface area contributed by atoms with Gasteiger partial charge in [0.15, 0.2) is 0 Å². The van der Waals surface area contributed by atoms with Crippen molar-refractivity contribution in [1.29, 1.82) is 0 Å². The van der Waals surface area contributed by atoms with Crippen LogP contribution in [0.5, 0.6) is 0 Å². The van der Waals surface area contributed by atoms with Crippen molar-refractivity contribution in [2.45, 2.75) is 57.2 Å². The zero-order chi connectivity index (χ0) is 10.4. The zero-order valence-electron chi connectivity index (χ0n) is 9.88. The first kappa shape index (κ1) is 12.4. The third kappa shape index (κ3) is 4.22. The van der Waals surface area contributed by atoms with Crippen molar-refractivity contribution in [2.24, 2.45) is 5.92 Å². The maximum Gasteiger partial charge on any atom is 0.0201 e. The molecule has 1 aliphatic heterocycles. The number of nitrogens with one attached hydrogen (secondary N) is 1. The molecule has 0 spiro atoms. The molecule has 1 nitrogen and oxygen atoms in total. The van der Waals surface area contributed by atoms with Gasteiger partial charge in [-0.15, -0.1) is 0 Å². The molecule has 1 rings (SSSR count). The van der Waals surface area contributed by atoms with Crippen molar-refractivity contribution in [3.05, 3.63) is 0 Å². The van der Waals surface area contributed by atoms with Gasteiger partial charge in [-0.2, -0.15) is 11.8 Å². The summed E-state index contributed by atoms with van der Waals surface area (Å²) in [5.41, 5.74) is 0. The van der Waals surface area contributed by atoms with Crippen LogP contribution in [0.2, 0.25) is 0 Å². The van der Waals surface area contributed by atoms with Crippen molar-refractivity contribution in [1.82, 2.24) is 5.32 Å². The summed E-state index contributed by atoms with van der Waals surface area (Å²) < 4.78 is 0. The molecule has 2 heteroatoms. The summed E-state index contributed by atoms with van der Waals surface area (Å²) in [5.74, 6) is 2.23. The molecule has 1 saturated heterocycles. The van der Waals surface area contributed by atoms with E-state index >= 15 is 0 Å². The summed E-state index contributed by atoms with van der Waals surface area (Å²) in [5, 5.41) is 4.39. The molecular weight excluding hydrogens is 190 g/mol. The summed E-state index contributed by atoms with van der Waals surface area (Å²) in [4.78, 5) is 0. The van der Waals surface area contributed by atoms with Crippen LogP contribution in [0.15, 0.2) is 0 Å². The first-order valence-electron chi connectivity index (χ1n) is 6.03. The highest BCUT2D eigenvalue weighted by molar-refractivity contribution is 8.00. The summed E-state index contributed by atoms with van der Waals surface area (Å²) in [6.45, 7) is 4.64. The van der Waals surface area contributed by atoms with Gasteiger partial charge in [-0.3, -0.25) is 0 Å². The van der Waals surface area contributed by atoms with E-state index in [1.54, 1.807) is 0 Å². The van der Waals surface area contributed by atoms with E-state index < -0.39 is 0 Å². The average molecular weight is 215 g/mol. The van der Waals surface area contributed by atoms with Gasteiger partial charge in [0.25, 0.3) is 0 Å². The van der Waals surface area contributed by atoms with Gasteiger partial charge in [0.1, 0.15) is 0 Å². The molecule has 0 bridgehead atoms. The van der Waals surface area contributed by atoms with E-state index in [9.17, 15) is 0 Å². The van der Waals surface area contributed by atoms with E-state index in [1.807, 2.05) is 0 Å². The summed E-state index contributed by atoms with van der Waals surface area (Å²) in [7, 11) is 2.13. The fourth-order valence-corrected chi connectivity index (χ4v) is 3.62. The van der Waals surface area contributed by atoms with Gasteiger partial charge in [-0.25, -0.2) is 0 Å². The first-order chi connectivity index (χ1) is 6.74. The maximum atomic E-state index is 3.51. The zero-order valence-corrected chi connectivity index (χ0v) is 10.7. The number of thioether (sulfide) groups is 1. The Kier molecular flexibility index (Phi) is 5.95. The monoisotopic (exact) mass is 215 g/mol. The molecule has 0 aromatic carbocycles. The highest BCUT2D eigenvalue weighted by atomic mass is 32.2. The third-order valence-corrected chi connectivity index (χ3v) is 4.61. The molecule has 84 valence electrons. The Morgan fingerprint density at radius 2 is 2.07 bits per heavy atom.